The average Bonchev–Trinajstić information content (AvgIpc) is 2.94. The van der Waals surface area contributed by atoms with E-state index in [1.807, 2.05) is 0 Å². The Morgan fingerprint density at radius 3 is 1.42 bits per heavy atom. The van der Waals surface area contributed by atoms with Crippen molar-refractivity contribution in [2.75, 3.05) is 32.7 Å². The summed E-state index contributed by atoms with van der Waals surface area (Å²) in [7, 11) is 0. The van der Waals surface area contributed by atoms with Gasteiger partial charge in [-0.3, -0.25) is 9.69 Å². The van der Waals surface area contributed by atoms with Crippen molar-refractivity contribution < 1.29 is 4.79 Å². The van der Waals surface area contributed by atoms with Crippen LogP contribution >= 0.6 is 0 Å². The van der Waals surface area contributed by atoms with Gasteiger partial charge in [-0.15, -0.1) is 0 Å². The van der Waals surface area contributed by atoms with Gasteiger partial charge in [0.15, 0.2) is 0 Å². The summed E-state index contributed by atoms with van der Waals surface area (Å²) in [4.78, 5) is 18.3. The first-order valence-electron chi connectivity index (χ1n) is 17.7. The van der Waals surface area contributed by atoms with Crippen LogP contribution in [-0.4, -0.2) is 48.4 Å². The monoisotopic (exact) mass is 535 g/mol. The fourth-order valence-corrected chi connectivity index (χ4v) is 6.40. The molecule has 0 spiro atoms. The largest absolute Gasteiger partial charge is 0.340 e. The minimum Gasteiger partial charge on any atom is -0.340 e. The maximum Gasteiger partial charge on any atom is 0.225 e. The molecule has 0 bridgehead atoms. The van der Waals surface area contributed by atoms with E-state index in [1.165, 1.54) is 141 Å². The highest BCUT2D eigenvalue weighted by Crippen LogP contribution is 2.24. The summed E-state index contributed by atoms with van der Waals surface area (Å²) in [5.74, 6) is 1.72. The van der Waals surface area contributed by atoms with Gasteiger partial charge in [0.2, 0.25) is 5.91 Å². The van der Waals surface area contributed by atoms with Crippen molar-refractivity contribution in [3.8, 4) is 0 Å². The molecule has 0 aromatic carbocycles. The average molecular weight is 535 g/mol. The summed E-state index contributed by atoms with van der Waals surface area (Å²) in [5, 5.41) is 0. The number of hydrogen-bond donors (Lipinski definition) is 0. The van der Waals surface area contributed by atoms with Crippen LogP contribution in [-0.2, 0) is 4.79 Å². The van der Waals surface area contributed by atoms with Crippen LogP contribution in [0.25, 0.3) is 0 Å². The van der Waals surface area contributed by atoms with Crippen LogP contribution < -0.4 is 0 Å². The molecule has 1 aliphatic heterocycles. The number of hydrogen-bond acceptors (Lipinski definition) is 2. The normalized spacial score (nSPS) is 15.4. The van der Waals surface area contributed by atoms with E-state index in [0.29, 0.717) is 5.91 Å². The Morgan fingerprint density at radius 1 is 0.500 bits per heavy atom. The second-order valence-corrected chi connectivity index (χ2v) is 12.6. The van der Waals surface area contributed by atoms with Crippen LogP contribution in [0.1, 0.15) is 175 Å². The lowest BCUT2D eigenvalue weighted by Crippen LogP contribution is -2.50. The molecule has 1 saturated heterocycles. The molecule has 0 aliphatic carbocycles. The van der Waals surface area contributed by atoms with Crippen LogP contribution in [0.15, 0.2) is 0 Å². The van der Waals surface area contributed by atoms with Gasteiger partial charge in [0.25, 0.3) is 0 Å². The molecule has 0 aromatic heterocycles. The van der Waals surface area contributed by atoms with Crippen molar-refractivity contribution in [2.45, 2.75) is 175 Å². The number of unbranched alkanes of at least 4 members (excludes halogenated alkanes) is 13. The summed E-state index contributed by atoms with van der Waals surface area (Å²) in [6, 6.07) is 0. The van der Waals surface area contributed by atoms with Gasteiger partial charge in [-0.25, -0.2) is 0 Å². The Bertz CT molecular complexity index is 502. The van der Waals surface area contributed by atoms with Crippen molar-refractivity contribution in [1.82, 2.24) is 9.80 Å². The zero-order valence-corrected chi connectivity index (χ0v) is 26.8. The molecule has 1 rings (SSSR count). The number of carbonyl (C=O) groups is 1. The maximum absolute atomic E-state index is 13.4. The summed E-state index contributed by atoms with van der Waals surface area (Å²) in [6.45, 7) is 14.5. The molecule has 1 fully saturated rings. The SMILES string of the molecule is CCCCCCCC(CCCCC)CCCCN1CCN(C(=O)C(CCCCCC)CCCCCC)CC1. The zero-order chi connectivity index (χ0) is 27.7. The number of carbonyl (C=O) groups excluding carboxylic acids is 1. The van der Waals surface area contributed by atoms with Crippen molar-refractivity contribution in [2.24, 2.45) is 11.8 Å². The van der Waals surface area contributed by atoms with Gasteiger partial charge < -0.3 is 4.90 Å². The van der Waals surface area contributed by atoms with Crippen molar-refractivity contribution in [3.05, 3.63) is 0 Å². The predicted molar refractivity (Wildman–Crippen MR) is 169 cm³/mol. The van der Waals surface area contributed by atoms with Crippen LogP contribution in [0.2, 0.25) is 0 Å². The molecule has 1 heterocycles. The third-order valence-electron chi connectivity index (χ3n) is 9.11. The molecule has 1 atom stereocenters. The molecule has 0 saturated carbocycles. The molecule has 3 heteroatoms. The zero-order valence-electron chi connectivity index (χ0n) is 26.8. The highest BCUT2D eigenvalue weighted by Gasteiger charge is 2.26. The number of amides is 1. The van der Waals surface area contributed by atoms with E-state index in [1.54, 1.807) is 0 Å². The van der Waals surface area contributed by atoms with Crippen LogP contribution in [0.5, 0.6) is 0 Å². The topological polar surface area (TPSA) is 23.6 Å². The van der Waals surface area contributed by atoms with E-state index in [0.717, 1.165) is 44.9 Å². The second-order valence-electron chi connectivity index (χ2n) is 12.6. The molecule has 3 nitrogen and oxygen atoms in total. The molecule has 0 aromatic rings. The summed E-state index contributed by atoms with van der Waals surface area (Å²) in [5.41, 5.74) is 0. The van der Waals surface area contributed by atoms with Crippen molar-refractivity contribution >= 4 is 5.91 Å². The molecule has 38 heavy (non-hydrogen) atoms. The van der Waals surface area contributed by atoms with Crippen LogP contribution in [0.4, 0.5) is 0 Å². The Labute approximate surface area is 240 Å². The summed E-state index contributed by atoms with van der Waals surface area (Å²) >= 11 is 0. The van der Waals surface area contributed by atoms with Crippen molar-refractivity contribution in [1.29, 1.82) is 0 Å². The van der Waals surface area contributed by atoms with E-state index in [4.69, 9.17) is 0 Å². The Hall–Kier alpha value is -0.570. The quantitative estimate of drug-likeness (QED) is 0.103. The standard InChI is InChI=1S/C35H70N2O/c1-5-9-13-16-18-24-33(23-17-12-8-4)25-21-22-28-36-29-31-37(32-30-36)35(38)34(26-19-14-10-6-2)27-20-15-11-7-3/h33-34H,5-32H2,1-4H3. The smallest absolute Gasteiger partial charge is 0.225 e. The second kappa shape index (κ2) is 25.4. The minimum atomic E-state index is 0.280. The highest BCUT2D eigenvalue weighted by atomic mass is 16.2. The van der Waals surface area contributed by atoms with Gasteiger partial charge in [0.05, 0.1) is 0 Å². The van der Waals surface area contributed by atoms with Gasteiger partial charge in [-0.05, 0) is 31.7 Å². The Morgan fingerprint density at radius 2 is 0.895 bits per heavy atom. The third kappa shape index (κ3) is 17.9. The van der Waals surface area contributed by atoms with E-state index in [2.05, 4.69) is 37.5 Å². The lowest BCUT2D eigenvalue weighted by molar-refractivity contribution is -0.137. The third-order valence-corrected chi connectivity index (χ3v) is 9.11. The number of piperazine rings is 1. The van der Waals surface area contributed by atoms with E-state index in [9.17, 15) is 4.79 Å². The van der Waals surface area contributed by atoms with E-state index < -0.39 is 0 Å². The van der Waals surface area contributed by atoms with Gasteiger partial charge in [0, 0.05) is 32.1 Å². The molecule has 1 amide bonds. The first-order valence-corrected chi connectivity index (χ1v) is 17.7. The minimum absolute atomic E-state index is 0.280. The van der Waals surface area contributed by atoms with E-state index in [-0.39, 0.29) is 5.92 Å². The first-order chi connectivity index (χ1) is 18.7. The maximum atomic E-state index is 13.4. The molecule has 0 radical (unpaired) electrons. The molecule has 1 aliphatic rings. The predicted octanol–water partition coefficient (Wildman–Crippen LogP) is 10.4. The lowest BCUT2D eigenvalue weighted by Gasteiger charge is -2.36. The van der Waals surface area contributed by atoms with Gasteiger partial charge >= 0.3 is 0 Å². The Balaban J connectivity index is 2.34. The van der Waals surface area contributed by atoms with Crippen molar-refractivity contribution in [3.63, 3.8) is 0 Å². The van der Waals surface area contributed by atoms with Crippen LogP contribution in [0, 0.1) is 11.8 Å². The van der Waals surface area contributed by atoms with Gasteiger partial charge in [0.1, 0.15) is 0 Å². The molecule has 0 N–H and O–H groups in total. The number of nitrogens with zero attached hydrogens (tertiary/aromatic N) is 2. The molecular formula is C35H70N2O. The van der Waals surface area contributed by atoms with E-state index >= 15 is 0 Å². The highest BCUT2D eigenvalue weighted by molar-refractivity contribution is 5.79. The lowest BCUT2D eigenvalue weighted by atomic mass is 9.90. The fraction of sp³-hybridized carbons (Fsp3) is 0.971. The summed E-state index contributed by atoms with van der Waals surface area (Å²) in [6.07, 6.45) is 30.8. The molecule has 226 valence electrons. The summed E-state index contributed by atoms with van der Waals surface area (Å²) < 4.78 is 0. The van der Waals surface area contributed by atoms with Gasteiger partial charge in [-0.2, -0.15) is 0 Å². The van der Waals surface area contributed by atoms with Gasteiger partial charge in [-0.1, -0.05) is 156 Å². The Kier molecular flexibility index (Phi) is 23.7. The molecule has 1 unspecified atom stereocenters. The fourth-order valence-electron chi connectivity index (χ4n) is 6.40. The molecular weight excluding hydrogens is 464 g/mol. The van der Waals surface area contributed by atoms with Crippen LogP contribution in [0.3, 0.4) is 0 Å². The first kappa shape index (κ1) is 35.5. The number of rotatable bonds is 26.